The van der Waals surface area contributed by atoms with Crippen molar-refractivity contribution < 1.29 is 52.5 Å². The van der Waals surface area contributed by atoms with Crippen molar-refractivity contribution in [3.05, 3.63) is 50.0 Å². The Kier molecular flexibility index (Phi) is 22.2. The molecule has 0 unspecified atom stereocenters. The Hall–Kier alpha value is -4.02. The van der Waals surface area contributed by atoms with E-state index in [1.807, 2.05) is 0 Å². The highest BCUT2D eigenvalue weighted by atomic mass is 16.6. The van der Waals surface area contributed by atoms with Crippen LogP contribution >= 0.6 is 0 Å². The van der Waals surface area contributed by atoms with Crippen molar-refractivity contribution >= 4 is 35.6 Å². The predicted molar refractivity (Wildman–Crippen MR) is 137 cm³/mol. The molecule has 0 saturated carbocycles. The number of esters is 5. The van der Waals surface area contributed by atoms with Crippen molar-refractivity contribution in [2.75, 3.05) is 19.8 Å². The summed E-state index contributed by atoms with van der Waals surface area (Å²) in [6.07, 6.45) is 4.44. The molecule has 0 bridgehead atoms. The summed E-state index contributed by atoms with van der Waals surface area (Å²) in [6.45, 7) is 16.6. The molecule has 0 N–H and O–H groups in total. The van der Waals surface area contributed by atoms with Crippen LogP contribution in [0.2, 0.25) is 0 Å². The SMILES string of the molecule is C=COC(=O)CCCC(=O)CCCOC(=O)C(=C)C.C=COC(=O)CCCC(=O)OCCOC(=O)C(=C)C. The van der Waals surface area contributed by atoms with Crippen molar-refractivity contribution in [1.82, 2.24) is 0 Å². The third-order valence-corrected chi connectivity index (χ3v) is 4.14. The number of ketones is 1. The van der Waals surface area contributed by atoms with E-state index in [2.05, 4.69) is 35.8 Å². The van der Waals surface area contributed by atoms with E-state index in [4.69, 9.17) is 14.2 Å². The van der Waals surface area contributed by atoms with Crippen LogP contribution in [0, 0.1) is 0 Å². The van der Waals surface area contributed by atoms with Crippen LogP contribution in [0.4, 0.5) is 0 Å². The minimum atomic E-state index is -0.525. The Morgan fingerprint density at radius 1 is 0.553 bits per heavy atom. The molecule has 0 saturated heterocycles. The first kappa shape index (κ1) is 36.1. The second-order valence-corrected chi connectivity index (χ2v) is 7.72. The van der Waals surface area contributed by atoms with Crippen LogP contribution in [0.3, 0.4) is 0 Å². The third kappa shape index (κ3) is 23.7. The quantitative estimate of drug-likeness (QED) is 0.0776. The molecule has 0 rings (SSSR count). The Labute approximate surface area is 223 Å². The number of hydrogen-bond donors (Lipinski definition) is 0. The molecule has 11 nitrogen and oxygen atoms in total. The van der Waals surface area contributed by atoms with E-state index in [0.717, 1.165) is 12.5 Å². The number of ether oxygens (including phenoxy) is 5. The second-order valence-electron chi connectivity index (χ2n) is 7.72. The summed E-state index contributed by atoms with van der Waals surface area (Å²) >= 11 is 0. The largest absolute Gasteiger partial charge is 0.462 e. The predicted octanol–water partition coefficient (Wildman–Crippen LogP) is 3.82. The average Bonchev–Trinajstić information content (AvgIpc) is 2.84. The fourth-order valence-electron chi connectivity index (χ4n) is 2.28. The molecule has 0 spiro atoms. The van der Waals surface area contributed by atoms with Gasteiger partial charge < -0.3 is 23.7 Å². The molecule has 212 valence electrons. The van der Waals surface area contributed by atoms with Gasteiger partial charge in [-0.05, 0) is 33.1 Å². The summed E-state index contributed by atoms with van der Waals surface area (Å²) < 4.78 is 23.4. The van der Waals surface area contributed by atoms with Gasteiger partial charge in [-0.15, -0.1) is 0 Å². The molecule has 0 heterocycles. The van der Waals surface area contributed by atoms with E-state index in [0.29, 0.717) is 37.7 Å². The molecule has 38 heavy (non-hydrogen) atoms. The number of rotatable bonds is 19. The van der Waals surface area contributed by atoms with Gasteiger partial charge in [0.2, 0.25) is 0 Å². The zero-order valence-corrected chi connectivity index (χ0v) is 22.3. The maximum atomic E-state index is 11.4. The highest BCUT2D eigenvalue weighted by Crippen LogP contribution is 2.04. The Balaban J connectivity index is 0. The van der Waals surface area contributed by atoms with Gasteiger partial charge in [-0.1, -0.05) is 26.3 Å². The molecule has 0 aromatic heterocycles. The molecular weight excluding hydrogens is 500 g/mol. The summed E-state index contributed by atoms with van der Waals surface area (Å²) in [6, 6.07) is 0. The van der Waals surface area contributed by atoms with Gasteiger partial charge in [0.25, 0.3) is 0 Å². The molecule has 0 aromatic rings. The van der Waals surface area contributed by atoms with Gasteiger partial charge in [0.05, 0.1) is 19.1 Å². The number of carbonyl (C=O) groups excluding carboxylic acids is 6. The van der Waals surface area contributed by atoms with E-state index < -0.39 is 29.8 Å². The Morgan fingerprint density at radius 3 is 1.42 bits per heavy atom. The molecule has 0 aromatic carbocycles. The lowest BCUT2D eigenvalue weighted by molar-refractivity contribution is -0.150. The monoisotopic (exact) mass is 538 g/mol. The fraction of sp³-hybridized carbons (Fsp3) is 0.481. The summed E-state index contributed by atoms with van der Waals surface area (Å²) in [5, 5.41) is 0. The van der Waals surface area contributed by atoms with Gasteiger partial charge in [-0.2, -0.15) is 0 Å². The van der Waals surface area contributed by atoms with Crippen LogP contribution < -0.4 is 0 Å². The lowest BCUT2D eigenvalue weighted by atomic mass is 10.1. The minimum absolute atomic E-state index is 0.0179. The third-order valence-electron chi connectivity index (χ3n) is 4.14. The number of Topliss-reactive ketones (excluding diaryl/α,β-unsaturated/α-hetero) is 1. The van der Waals surface area contributed by atoms with E-state index in [1.165, 1.54) is 6.92 Å². The van der Waals surface area contributed by atoms with Crippen LogP contribution in [0.5, 0.6) is 0 Å². The molecule has 0 atom stereocenters. The molecule has 0 amide bonds. The fourth-order valence-corrected chi connectivity index (χ4v) is 2.28. The van der Waals surface area contributed by atoms with Crippen LogP contribution in [0.15, 0.2) is 50.0 Å². The Bertz CT molecular complexity index is 785. The standard InChI is InChI=1S/C14H20O5.C13H18O6/c1-4-18-13(16)9-5-7-12(15)8-6-10-19-14(17)11(2)3;1-4-17-11(14)6-5-7-12(15)18-8-9-19-13(16)10(2)3/h4H,1-2,5-10H2,3H3;4H,1-2,5-9H2,3H3. The summed E-state index contributed by atoms with van der Waals surface area (Å²) in [5.41, 5.74) is 0.624. The molecule has 0 aliphatic rings. The number of carbonyl (C=O) groups is 6. The van der Waals surface area contributed by atoms with E-state index in [1.54, 1.807) is 6.92 Å². The van der Waals surface area contributed by atoms with Crippen LogP contribution in [-0.2, 0) is 52.5 Å². The summed E-state index contributed by atoms with van der Waals surface area (Å²) in [7, 11) is 0. The van der Waals surface area contributed by atoms with Gasteiger partial charge in [-0.25, -0.2) is 9.59 Å². The van der Waals surface area contributed by atoms with E-state index in [-0.39, 0.29) is 50.4 Å². The number of hydrogen-bond acceptors (Lipinski definition) is 11. The lowest BCUT2D eigenvalue weighted by Gasteiger charge is -2.06. The van der Waals surface area contributed by atoms with Crippen molar-refractivity contribution in [2.24, 2.45) is 0 Å². The van der Waals surface area contributed by atoms with Gasteiger partial charge in [0, 0.05) is 43.3 Å². The van der Waals surface area contributed by atoms with E-state index >= 15 is 0 Å². The van der Waals surface area contributed by atoms with Gasteiger partial charge in [0.15, 0.2) is 0 Å². The summed E-state index contributed by atoms with van der Waals surface area (Å²) in [4.78, 5) is 66.5. The second kappa shape index (κ2) is 23.4. The smallest absolute Gasteiger partial charge is 0.333 e. The van der Waals surface area contributed by atoms with Crippen molar-refractivity contribution in [2.45, 2.75) is 65.2 Å². The summed E-state index contributed by atoms with van der Waals surface area (Å²) in [5.74, 6) is -2.23. The van der Waals surface area contributed by atoms with Crippen molar-refractivity contribution in [1.29, 1.82) is 0 Å². The average molecular weight is 539 g/mol. The zero-order valence-electron chi connectivity index (χ0n) is 22.3. The Morgan fingerprint density at radius 2 is 0.947 bits per heavy atom. The van der Waals surface area contributed by atoms with E-state index in [9.17, 15) is 28.8 Å². The zero-order chi connectivity index (χ0) is 29.3. The van der Waals surface area contributed by atoms with Gasteiger partial charge >= 0.3 is 29.8 Å². The first-order valence-electron chi connectivity index (χ1n) is 11.9. The molecule has 0 radical (unpaired) electrons. The molecule has 0 aliphatic heterocycles. The first-order valence-corrected chi connectivity index (χ1v) is 11.9. The molecule has 11 heteroatoms. The van der Waals surface area contributed by atoms with Gasteiger partial charge in [0.1, 0.15) is 19.0 Å². The maximum Gasteiger partial charge on any atom is 0.333 e. The molecule has 0 fully saturated rings. The highest BCUT2D eigenvalue weighted by molar-refractivity contribution is 5.87. The molecular formula is C27H38O11. The van der Waals surface area contributed by atoms with Crippen LogP contribution in [-0.4, -0.2) is 55.5 Å². The van der Waals surface area contributed by atoms with Crippen LogP contribution in [0.25, 0.3) is 0 Å². The van der Waals surface area contributed by atoms with Crippen molar-refractivity contribution in [3.63, 3.8) is 0 Å². The van der Waals surface area contributed by atoms with Crippen LogP contribution in [0.1, 0.15) is 65.2 Å². The maximum absolute atomic E-state index is 11.4. The van der Waals surface area contributed by atoms with Crippen molar-refractivity contribution in [3.8, 4) is 0 Å². The van der Waals surface area contributed by atoms with Gasteiger partial charge in [-0.3, -0.25) is 19.2 Å². The first-order chi connectivity index (χ1) is 17.9. The lowest BCUT2D eigenvalue weighted by Crippen LogP contribution is -2.14. The minimum Gasteiger partial charge on any atom is -0.462 e. The molecule has 0 aliphatic carbocycles. The topological polar surface area (TPSA) is 149 Å². The highest BCUT2D eigenvalue weighted by Gasteiger charge is 2.09. The normalized spacial score (nSPS) is 9.42.